The molecule has 2 N–H and O–H groups in total. The summed E-state index contributed by atoms with van der Waals surface area (Å²) in [6.45, 7) is 2.27. The lowest BCUT2D eigenvalue weighted by Crippen LogP contribution is -2.43. The van der Waals surface area contributed by atoms with Crippen LogP contribution in [-0.4, -0.2) is 18.4 Å². The second-order valence-corrected chi connectivity index (χ2v) is 5.03. The molecule has 0 atom stereocenters. The molecule has 2 amide bonds. The Morgan fingerprint density at radius 3 is 2.26 bits per heavy atom. The zero-order chi connectivity index (χ0) is 16.5. The Hall–Kier alpha value is -2.66. The van der Waals surface area contributed by atoms with Crippen LogP contribution in [0.4, 0.5) is 0 Å². The lowest BCUT2D eigenvalue weighted by molar-refractivity contribution is -0.126. The van der Waals surface area contributed by atoms with Gasteiger partial charge in [-0.2, -0.15) is 0 Å². The highest BCUT2D eigenvalue weighted by Crippen LogP contribution is 2.04. The molecule has 0 aromatic heterocycles. The normalized spacial score (nSPS) is 10.1. The van der Waals surface area contributed by atoms with Crippen LogP contribution in [0.5, 0.6) is 0 Å². The number of carbonyl (C=O) groups excluding carboxylic acids is 2. The molecule has 0 fully saturated rings. The number of carbonyl (C=O) groups is 2. The Bertz CT molecular complexity index is 639. The summed E-state index contributed by atoms with van der Waals surface area (Å²) in [5.41, 5.74) is 7.33. The van der Waals surface area contributed by atoms with Gasteiger partial charge in [0, 0.05) is 5.56 Å². The van der Waals surface area contributed by atoms with Gasteiger partial charge in [-0.1, -0.05) is 49.4 Å². The van der Waals surface area contributed by atoms with Gasteiger partial charge in [-0.15, -0.1) is 0 Å². The molecule has 0 radical (unpaired) electrons. The van der Waals surface area contributed by atoms with Crippen molar-refractivity contribution in [2.45, 2.75) is 20.0 Å². The topological polar surface area (TPSA) is 67.4 Å². The number of ether oxygens (including phenoxy) is 1. The van der Waals surface area contributed by atoms with E-state index in [2.05, 4.69) is 10.9 Å². The van der Waals surface area contributed by atoms with Gasteiger partial charge in [0.15, 0.2) is 0 Å². The summed E-state index contributed by atoms with van der Waals surface area (Å²) >= 11 is 0. The first kappa shape index (κ1) is 16.7. The Morgan fingerprint density at radius 2 is 1.61 bits per heavy atom. The number of hydrazine groups is 1. The van der Waals surface area contributed by atoms with E-state index in [1.807, 2.05) is 49.4 Å². The number of aryl methyl sites for hydroxylation is 1. The highest BCUT2D eigenvalue weighted by atomic mass is 16.5. The molecular formula is C18H20N2O3. The molecule has 0 unspecified atom stereocenters. The van der Waals surface area contributed by atoms with Crippen LogP contribution in [0.15, 0.2) is 54.6 Å². The molecular weight excluding hydrogens is 292 g/mol. The van der Waals surface area contributed by atoms with Gasteiger partial charge >= 0.3 is 0 Å². The minimum Gasteiger partial charge on any atom is -0.367 e. The SMILES string of the molecule is CCc1ccc(C(=O)NNC(=O)COCc2ccccc2)cc1. The zero-order valence-corrected chi connectivity index (χ0v) is 13.0. The quantitative estimate of drug-likeness (QED) is 0.804. The van der Waals surface area contributed by atoms with E-state index in [-0.39, 0.29) is 12.5 Å². The van der Waals surface area contributed by atoms with Crippen LogP contribution < -0.4 is 10.9 Å². The van der Waals surface area contributed by atoms with Gasteiger partial charge in [-0.3, -0.25) is 20.4 Å². The van der Waals surface area contributed by atoms with Crippen LogP contribution in [0.2, 0.25) is 0 Å². The summed E-state index contributed by atoms with van der Waals surface area (Å²) in [5.74, 6) is -0.761. The summed E-state index contributed by atoms with van der Waals surface area (Å²) < 4.78 is 5.29. The summed E-state index contributed by atoms with van der Waals surface area (Å²) in [4.78, 5) is 23.5. The summed E-state index contributed by atoms with van der Waals surface area (Å²) in [5, 5.41) is 0. The van der Waals surface area contributed by atoms with Crippen molar-refractivity contribution >= 4 is 11.8 Å². The minimum absolute atomic E-state index is 0.121. The third kappa shape index (κ3) is 5.56. The standard InChI is InChI=1S/C18H20N2O3/c1-2-14-8-10-16(11-9-14)18(22)20-19-17(21)13-23-12-15-6-4-3-5-7-15/h3-11H,2,12-13H2,1H3,(H,19,21)(H,20,22). The Kier molecular flexibility index (Phi) is 6.32. The first-order valence-electron chi connectivity index (χ1n) is 7.49. The van der Waals surface area contributed by atoms with Crippen LogP contribution in [0.1, 0.15) is 28.4 Å². The third-order valence-electron chi connectivity index (χ3n) is 3.28. The fraction of sp³-hybridized carbons (Fsp3) is 0.222. The Morgan fingerprint density at radius 1 is 0.913 bits per heavy atom. The van der Waals surface area contributed by atoms with E-state index in [0.29, 0.717) is 12.2 Å². The highest BCUT2D eigenvalue weighted by molar-refractivity contribution is 5.95. The molecule has 0 saturated carbocycles. The van der Waals surface area contributed by atoms with Crippen LogP contribution in [0.25, 0.3) is 0 Å². The average Bonchev–Trinajstić information content (AvgIpc) is 2.60. The summed E-state index contributed by atoms with van der Waals surface area (Å²) in [6, 6.07) is 16.8. The molecule has 23 heavy (non-hydrogen) atoms. The van der Waals surface area contributed by atoms with Crippen molar-refractivity contribution in [3.63, 3.8) is 0 Å². The van der Waals surface area contributed by atoms with Gasteiger partial charge in [-0.05, 0) is 29.7 Å². The first-order valence-corrected chi connectivity index (χ1v) is 7.49. The second-order valence-electron chi connectivity index (χ2n) is 5.03. The number of amides is 2. The number of hydrogen-bond donors (Lipinski definition) is 2. The molecule has 0 spiro atoms. The zero-order valence-electron chi connectivity index (χ0n) is 13.0. The van der Waals surface area contributed by atoms with Crippen molar-refractivity contribution in [3.05, 3.63) is 71.3 Å². The Labute approximate surface area is 135 Å². The van der Waals surface area contributed by atoms with Crippen molar-refractivity contribution in [2.75, 3.05) is 6.61 Å². The number of rotatable bonds is 6. The predicted octanol–water partition coefficient (Wildman–Crippen LogP) is 2.23. The molecule has 2 aromatic rings. The van der Waals surface area contributed by atoms with Crippen LogP contribution in [-0.2, 0) is 22.6 Å². The molecule has 0 aliphatic rings. The van der Waals surface area contributed by atoms with E-state index in [1.54, 1.807) is 12.1 Å². The van der Waals surface area contributed by atoms with Crippen molar-refractivity contribution in [1.82, 2.24) is 10.9 Å². The van der Waals surface area contributed by atoms with Gasteiger partial charge in [-0.25, -0.2) is 0 Å². The predicted molar refractivity (Wildman–Crippen MR) is 87.5 cm³/mol. The monoisotopic (exact) mass is 312 g/mol. The molecule has 0 aliphatic carbocycles. The lowest BCUT2D eigenvalue weighted by Gasteiger charge is -2.08. The van der Waals surface area contributed by atoms with E-state index < -0.39 is 5.91 Å². The van der Waals surface area contributed by atoms with E-state index in [1.165, 1.54) is 0 Å². The maximum Gasteiger partial charge on any atom is 0.269 e. The summed E-state index contributed by atoms with van der Waals surface area (Å²) in [7, 11) is 0. The molecule has 0 aliphatic heterocycles. The van der Waals surface area contributed by atoms with E-state index in [9.17, 15) is 9.59 Å². The average molecular weight is 312 g/mol. The van der Waals surface area contributed by atoms with Gasteiger partial charge in [0.25, 0.3) is 11.8 Å². The van der Waals surface area contributed by atoms with Crippen molar-refractivity contribution in [1.29, 1.82) is 0 Å². The van der Waals surface area contributed by atoms with E-state index >= 15 is 0 Å². The van der Waals surface area contributed by atoms with Crippen molar-refractivity contribution in [3.8, 4) is 0 Å². The minimum atomic E-state index is -0.403. The largest absolute Gasteiger partial charge is 0.367 e. The molecule has 2 rings (SSSR count). The molecule has 5 heteroatoms. The van der Waals surface area contributed by atoms with Crippen LogP contribution >= 0.6 is 0 Å². The molecule has 2 aromatic carbocycles. The number of hydrogen-bond acceptors (Lipinski definition) is 3. The maximum absolute atomic E-state index is 11.9. The fourth-order valence-electron chi connectivity index (χ4n) is 1.96. The smallest absolute Gasteiger partial charge is 0.269 e. The lowest BCUT2D eigenvalue weighted by atomic mass is 10.1. The summed E-state index contributed by atoms with van der Waals surface area (Å²) in [6.07, 6.45) is 0.914. The van der Waals surface area contributed by atoms with Gasteiger partial charge < -0.3 is 4.74 Å². The van der Waals surface area contributed by atoms with Gasteiger partial charge in [0.05, 0.1) is 6.61 Å². The highest BCUT2D eigenvalue weighted by Gasteiger charge is 2.07. The molecule has 0 heterocycles. The molecule has 0 saturated heterocycles. The Balaban J connectivity index is 1.70. The van der Waals surface area contributed by atoms with Crippen molar-refractivity contribution < 1.29 is 14.3 Å². The van der Waals surface area contributed by atoms with Gasteiger partial charge in [0.2, 0.25) is 0 Å². The van der Waals surface area contributed by atoms with E-state index in [0.717, 1.165) is 17.5 Å². The second kappa shape index (κ2) is 8.70. The van der Waals surface area contributed by atoms with E-state index in [4.69, 9.17) is 4.74 Å². The van der Waals surface area contributed by atoms with Crippen LogP contribution in [0, 0.1) is 0 Å². The van der Waals surface area contributed by atoms with Crippen molar-refractivity contribution in [2.24, 2.45) is 0 Å². The van der Waals surface area contributed by atoms with Gasteiger partial charge in [0.1, 0.15) is 6.61 Å². The maximum atomic E-state index is 11.9. The molecule has 5 nitrogen and oxygen atoms in total. The first-order chi connectivity index (χ1) is 11.2. The fourth-order valence-corrected chi connectivity index (χ4v) is 1.96. The van der Waals surface area contributed by atoms with Crippen LogP contribution in [0.3, 0.4) is 0 Å². The molecule has 120 valence electrons. The third-order valence-corrected chi connectivity index (χ3v) is 3.28. The molecule has 0 bridgehead atoms. The number of benzene rings is 2. The number of nitrogens with one attached hydrogen (secondary N) is 2.